The average Bonchev–Trinajstić information content (AvgIpc) is 2.36. The Labute approximate surface area is 69.8 Å². The van der Waals surface area contributed by atoms with Gasteiger partial charge in [-0.3, -0.25) is 0 Å². The Morgan fingerprint density at radius 3 is 2.36 bits per heavy atom. The molecule has 1 aliphatic heterocycles. The second-order valence-corrected chi connectivity index (χ2v) is 4.47. The molecule has 2 rings (SSSR count). The standard InChI is InChI=1S/C10H19N/c1-9-6-11(7-9)8-10-4-2-3-5-10/h9-10H,2-8H2,1H3. The smallest absolute Gasteiger partial charge is 0.00195 e. The molecule has 0 aromatic heterocycles. The van der Waals surface area contributed by atoms with Gasteiger partial charge in [0, 0.05) is 19.6 Å². The molecule has 2 fully saturated rings. The van der Waals surface area contributed by atoms with Crippen LogP contribution in [0.1, 0.15) is 32.6 Å². The van der Waals surface area contributed by atoms with E-state index in [1.54, 1.807) is 0 Å². The van der Waals surface area contributed by atoms with Crippen molar-refractivity contribution in [3.63, 3.8) is 0 Å². The molecule has 0 radical (unpaired) electrons. The van der Waals surface area contributed by atoms with Gasteiger partial charge in [-0.15, -0.1) is 0 Å². The first-order chi connectivity index (χ1) is 5.34. The second-order valence-electron chi connectivity index (χ2n) is 4.47. The second kappa shape index (κ2) is 3.14. The molecule has 1 heteroatoms. The van der Waals surface area contributed by atoms with Crippen LogP contribution >= 0.6 is 0 Å². The Balaban J connectivity index is 1.66. The summed E-state index contributed by atoms with van der Waals surface area (Å²) in [7, 11) is 0. The van der Waals surface area contributed by atoms with E-state index in [1.807, 2.05) is 0 Å². The highest BCUT2D eigenvalue weighted by Gasteiger charge is 2.26. The maximum atomic E-state index is 2.63. The van der Waals surface area contributed by atoms with Gasteiger partial charge < -0.3 is 4.90 Å². The zero-order valence-corrected chi connectivity index (χ0v) is 7.55. The van der Waals surface area contributed by atoms with E-state index in [9.17, 15) is 0 Å². The minimum Gasteiger partial charge on any atom is -0.302 e. The third-order valence-corrected chi connectivity index (χ3v) is 3.13. The first-order valence-corrected chi connectivity index (χ1v) is 5.07. The molecule has 11 heavy (non-hydrogen) atoms. The van der Waals surface area contributed by atoms with Gasteiger partial charge in [-0.25, -0.2) is 0 Å². The quantitative estimate of drug-likeness (QED) is 0.587. The van der Waals surface area contributed by atoms with E-state index in [0.29, 0.717) is 0 Å². The Morgan fingerprint density at radius 1 is 1.18 bits per heavy atom. The fourth-order valence-electron chi connectivity index (χ4n) is 2.54. The molecule has 64 valence electrons. The average molecular weight is 153 g/mol. The first-order valence-electron chi connectivity index (χ1n) is 5.07. The summed E-state index contributed by atoms with van der Waals surface area (Å²) < 4.78 is 0. The van der Waals surface area contributed by atoms with Crippen molar-refractivity contribution in [1.29, 1.82) is 0 Å². The number of hydrogen-bond donors (Lipinski definition) is 0. The summed E-state index contributed by atoms with van der Waals surface area (Å²) >= 11 is 0. The fourth-order valence-corrected chi connectivity index (χ4v) is 2.54. The van der Waals surface area contributed by atoms with Gasteiger partial charge in [0.25, 0.3) is 0 Å². The van der Waals surface area contributed by atoms with E-state index in [-0.39, 0.29) is 0 Å². The number of rotatable bonds is 2. The molecule has 0 unspecified atom stereocenters. The highest BCUT2D eigenvalue weighted by atomic mass is 15.2. The van der Waals surface area contributed by atoms with Crippen molar-refractivity contribution in [1.82, 2.24) is 4.90 Å². The molecule has 0 bridgehead atoms. The topological polar surface area (TPSA) is 3.24 Å². The van der Waals surface area contributed by atoms with Crippen LogP contribution in [0, 0.1) is 11.8 Å². The molecule has 1 heterocycles. The van der Waals surface area contributed by atoms with Gasteiger partial charge in [0.05, 0.1) is 0 Å². The minimum absolute atomic E-state index is 0.983. The van der Waals surface area contributed by atoms with Gasteiger partial charge in [0.15, 0.2) is 0 Å². The molecular weight excluding hydrogens is 134 g/mol. The number of nitrogens with zero attached hydrogens (tertiary/aromatic N) is 1. The Morgan fingerprint density at radius 2 is 1.82 bits per heavy atom. The van der Waals surface area contributed by atoms with E-state index in [4.69, 9.17) is 0 Å². The molecule has 0 amide bonds. The molecule has 0 atom stereocenters. The number of likely N-dealkylation sites (tertiary alicyclic amines) is 1. The van der Waals surface area contributed by atoms with E-state index in [1.165, 1.54) is 45.3 Å². The van der Waals surface area contributed by atoms with Gasteiger partial charge in [0.1, 0.15) is 0 Å². The van der Waals surface area contributed by atoms with Crippen molar-refractivity contribution in [2.45, 2.75) is 32.6 Å². The van der Waals surface area contributed by atoms with Crippen molar-refractivity contribution < 1.29 is 0 Å². The lowest BCUT2D eigenvalue weighted by Crippen LogP contribution is -2.46. The van der Waals surface area contributed by atoms with Gasteiger partial charge in [0.2, 0.25) is 0 Å². The molecule has 0 aromatic carbocycles. The zero-order valence-electron chi connectivity index (χ0n) is 7.55. The van der Waals surface area contributed by atoms with Crippen LogP contribution in [0.5, 0.6) is 0 Å². The van der Waals surface area contributed by atoms with Gasteiger partial charge in [-0.2, -0.15) is 0 Å². The molecule has 2 aliphatic rings. The monoisotopic (exact) mass is 153 g/mol. The lowest BCUT2D eigenvalue weighted by atomic mass is 9.99. The van der Waals surface area contributed by atoms with Crippen molar-refractivity contribution in [3.8, 4) is 0 Å². The third kappa shape index (κ3) is 1.76. The fraction of sp³-hybridized carbons (Fsp3) is 1.00. The van der Waals surface area contributed by atoms with Gasteiger partial charge in [-0.05, 0) is 24.7 Å². The minimum atomic E-state index is 0.983. The van der Waals surface area contributed by atoms with Crippen LogP contribution in [-0.4, -0.2) is 24.5 Å². The lowest BCUT2D eigenvalue weighted by Gasteiger charge is -2.38. The molecule has 0 spiro atoms. The highest BCUT2D eigenvalue weighted by molar-refractivity contribution is 4.80. The van der Waals surface area contributed by atoms with E-state index in [2.05, 4.69) is 11.8 Å². The molecule has 1 aliphatic carbocycles. The Kier molecular flexibility index (Phi) is 2.17. The predicted octanol–water partition coefficient (Wildman–Crippen LogP) is 2.13. The van der Waals surface area contributed by atoms with Gasteiger partial charge in [-0.1, -0.05) is 19.8 Å². The van der Waals surface area contributed by atoms with E-state index < -0.39 is 0 Å². The molecule has 1 saturated heterocycles. The van der Waals surface area contributed by atoms with Crippen LogP contribution in [0.4, 0.5) is 0 Å². The third-order valence-electron chi connectivity index (χ3n) is 3.13. The van der Waals surface area contributed by atoms with Gasteiger partial charge >= 0.3 is 0 Å². The van der Waals surface area contributed by atoms with Crippen molar-refractivity contribution in [2.75, 3.05) is 19.6 Å². The van der Waals surface area contributed by atoms with Crippen molar-refractivity contribution in [2.24, 2.45) is 11.8 Å². The summed E-state index contributed by atoms with van der Waals surface area (Å²) in [6, 6.07) is 0. The molecule has 0 N–H and O–H groups in total. The van der Waals surface area contributed by atoms with Crippen LogP contribution in [0.3, 0.4) is 0 Å². The largest absolute Gasteiger partial charge is 0.302 e. The zero-order chi connectivity index (χ0) is 7.68. The lowest BCUT2D eigenvalue weighted by molar-refractivity contribution is 0.0934. The predicted molar refractivity (Wildman–Crippen MR) is 47.6 cm³/mol. The summed E-state index contributed by atoms with van der Waals surface area (Å²) in [5, 5.41) is 0. The number of hydrogen-bond acceptors (Lipinski definition) is 1. The first kappa shape index (κ1) is 7.60. The Hall–Kier alpha value is -0.0400. The summed E-state index contributed by atoms with van der Waals surface area (Å²) in [6.45, 7) is 6.50. The normalized spacial score (nSPS) is 29.2. The molecule has 0 aromatic rings. The van der Waals surface area contributed by atoms with E-state index in [0.717, 1.165) is 11.8 Å². The molecule has 1 saturated carbocycles. The van der Waals surface area contributed by atoms with Crippen LogP contribution in [0.2, 0.25) is 0 Å². The Bertz CT molecular complexity index is 121. The van der Waals surface area contributed by atoms with Crippen LogP contribution < -0.4 is 0 Å². The molecule has 1 nitrogen and oxygen atoms in total. The van der Waals surface area contributed by atoms with Crippen molar-refractivity contribution >= 4 is 0 Å². The van der Waals surface area contributed by atoms with Crippen molar-refractivity contribution in [3.05, 3.63) is 0 Å². The summed E-state index contributed by atoms with van der Waals surface area (Å²) in [5.74, 6) is 2.04. The van der Waals surface area contributed by atoms with E-state index >= 15 is 0 Å². The highest BCUT2D eigenvalue weighted by Crippen LogP contribution is 2.27. The SMILES string of the molecule is CC1CN(CC2CCCC2)C1. The van der Waals surface area contributed by atoms with Crippen LogP contribution in [0.25, 0.3) is 0 Å². The van der Waals surface area contributed by atoms with Crippen LogP contribution in [-0.2, 0) is 0 Å². The maximum Gasteiger partial charge on any atom is 0.00195 e. The summed E-state index contributed by atoms with van der Waals surface area (Å²) in [5.41, 5.74) is 0. The summed E-state index contributed by atoms with van der Waals surface area (Å²) in [4.78, 5) is 2.63. The van der Waals surface area contributed by atoms with Crippen LogP contribution in [0.15, 0.2) is 0 Å². The maximum absolute atomic E-state index is 2.63. The molecular formula is C10H19N. The summed E-state index contributed by atoms with van der Waals surface area (Å²) in [6.07, 6.45) is 6.00.